The molecular weight excluding hydrogens is 382 g/mol. The number of nitrogens with one attached hydrogen (secondary N) is 1. The van der Waals surface area contributed by atoms with Gasteiger partial charge in [-0.25, -0.2) is 4.79 Å². The summed E-state index contributed by atoms with van der Waals surface area (Å²) in [5.41, 5.74) is 1.76. The fraction of sp³-hybridized carbons (Fsp3) is 0.348. The second-order valence-electron chi connectivity index (χ2n) is 7.84. The van der Waals surface area contributed by atoms with Gasteiger partial charge in [0.1, 0.15) is 17.8 Å². The largest absolute Gasteiger partial charge is 0.497 e. The molecule has 1 atom stereocenters. The second kappa shape index (κ2) is 7.82. The van der Waals surface area contributed by atoms with E-state index in [1.54, 1.807) is 14.2 Å². The highest BCUT2D eigenvalue weighted by atomic mass is 16.5. The molecule has 1 spiro atoms. The van der Waals surface area contributed by atoms with Crippen molar-refractivity contribution in [3.05, 3.63) is 65.2 Å². The predicted molar refractivity (Wildman–Crippen MR) is 111 cm³/mol. The molecule has 4 rings (SSSR count). The number of amides is 4. The molecule has 1 N–H and O–H groups in total. The van der Waals surface area contributed by atoms with Gasteiger partial charge in [0, 0.05) is 13.6 Å². The van der Waals surface area contributed by atoms with Crippen molar-refractivity contribution in [3.8, 4) is 5.75 Å². The van der Waals surface area contributed by atoms with Crippen LogP contribution in [0.25, 0.3) is 0 Å². The summed E-state index contributed by atoms with van der Waals surface area (Å²) in [5.74, 6) is 0.0607. The van der Waals surface area contributed by atoms with E-state index in [-0.39, 0.29) is 18.4 Å². The minimum Gasteiger partial charge on any atom is -0.497 e. The number of rotatable bonds is 5. The van der Waals surface area contributed by atoms with E-state index in [2.05, 4.69) is 5.32 Å². The Balaban J connectivity index is 1.49. The molecular formula is C23H25N3O4. The quantitative estimate of drug-likeness (QED) is 0.773. The molecule has 30 heavy (non-hydrogen) atoms. The third kappa shape index (κ3) is 3.40. The summed E-state index contributed by atoms with van der Waals surface area (Å²) in [6.07, 6.45) is 2.22. The highest BCUT2D eigenvalue weighted by molar-refractivity contribution is 6.09. The number of hydrogen-bond donors (Lipinski definition) is 1. The van der Waals surface area contributed by atoms with Crippen LogP contribution in [-0.4, -0.2) is 48.3 Å². The Morgan fingerprint density at radius 1 is 1.20 bits per heavy atom. The summed E-state index contributed by atoms with van der Waals surface area (Å²) in [6.45, 7) is 0.0721. The lowest BCUT2D eigenvalue weighted by Crippen LogP contribution is -2.47. The Hall–Kier alpha value is -3.35. The zero-order valence-electron chi connectivity index (χ0n) is 17.2. The number of methoxy groups -OCH3 is 1. The van der Waals surface area contributed by atoms with Crippen LogP contribution in [0.3, 0.4) is 0 Å². The standard InChI is InChI=1S/C23H25N3O4/c1-25(14-16-7-5-10-18(13-16)30-2)20(27)15-26-21(28)23(24-22(26)29)12-6-9-17-8-3-4-11-19(17)23/h3-5,7-8,10-11,13H,6,9,12,14-15H2,1-2H3,(H,24,29)/t23-/m0/s1. The van der Waals surface area contributed by atoms with Crippen LogP contribution in [0.4, 0.5) is 4.79 Å². The van der Waals surface area contributed by atoms with Crippen molar-refractivity contribution in [2.75, 3.05) is 20.7 Å². The second-order valence-corrected chi connectivity index (χ2v) is 7.84. The van der Waals surface area contributed by atoms with E-state index in [9.17, 15) is 14.4 Å². The van der Waals surface area contributed by atoms with Crippen LogP contribution in [0, 0.1) is 0 Å². The number of urea groups is 1. The maximum absolute atomic E-state index is 13.3. The van der Waals surface area contributed by atoms with Crippen molar-refractivity contribution < 1.29 is 19.1 Å². The van der Waals surface area contributed by atoms with E-state index in [0.29, 0.717) is 18.7 Å². The average molecular weight is 407 g/mol. The Labute approximate surface area is 175 Å². The predicted octanol–water partition coefficient (Wildman–Crippen LogP) is 2.44. The maximum Gasteiger partial charge on any atom is 0.325 e. The van der Waals surface area contributed by atoms with Gasteiger partial charge in [0.25, 0.3) is 5.91 Å². The Kier molecular flexibility index (Phi) is 5.20. The summed E-state index contributed by atoms with van der Waals surface area (Å²) in [6, 6.07) is 14.6. The fourth-order valence-electron chi connectivity index (χ4n) is 4.34. The summed E-state index contributed by atoms with van der Waals surface area (Å²) < 4.78 is 5.22. The van der Waals surface area contributed by atoms with Crippen molar-refractivity contribution in [3.63, 3.8) is 0 Å². The smallest absolute Gasteiger partial charge is 0.325 e. The molecule has 1 saturated heterocycles. The Morgan fingerprint density at radius 3 is 2.80 bits per heavy atom. The molecule has 4 amide bonds. The third-order valence-corrected chi connectivity index (χ3v) is 5.92. The number of aryl methyl sites for hydroxylation is 1. The molecule has 0 unspecified atom stereocenters. The first-order chi connectivity index (χ1) is 14.4. The van der Waals surface area contributed by atoms with E-state index in [0.717, 1.165) is 34.4 Å². The van der Waals surface area contributed by atoms with Gasteiger partial charge < -0.3 is 15.0 Å². The van der Waals surface area contributed by atoms with Crippen LogP contribution in [0.1, 0.15) is 29.5 Å². The molecule has 7 heteroatoms. The first kappa shape index (κ1) is 19.9. The van der Waals surface area contributed by atoms with Gasteiger partial charge in [-0.2, -0.15) is 0 Å². The van der Waals surface area contributed by atoms with E-state index in [4.69, 9.17) is 4.74 Å². The van der Waals surface area contributed by atoms with Gasteiger partial charge in [0.2, 0.25) is 5.91 Å². The number of benzene rings is 2. The topological polar surface area (TPSA) is 79.0 Å². The molecule has 156 valence electrons. The van der Waals surface area contributed by atoms with Crippen LogP contribution in [0.5, 0.6) is 5.75 Å². The van der Waals surface area contributed by atoms with Crippen molar-refractivity contribution in [2.45, 2.75) is 31.3 Å². The summed E-state index contributed by atoms with van der Waals surface area (Å²) in [7, 11) is 3.25. The summed E-state index contributed by atoms with van der Waals surface area (Å²) in [5, 5.41) is 2.88. The minimum atomic E-state index is -1.06. The third-order valence-electron chi connectivity index (χ3n) is 5.92. The molecule has 1 aliphatic heterocycles. The highest BCUT2D eigenvalue weighted by Gasteiger charge is 2.54. The number of likely N-dealkylation sites (N-methyl/N-ethyl adjacent to an activating group) is 1. The average Bonchev–Trinajstić information content (AvgIpc) is 2.98. The van der Waals surface area contributed by atoms with Gasteiger partial charge in [-0.05, 0) is 48.1 Å². The highest BCUT2D eigenvalue weighted by Crippen LogP contribution is 2.39. The molecule has 2 aliphatic rings. The first-order valence-corrected chi connectivity index (χ1v) is 10.0. The van der Waals surface area contributed by atoms with Crippen molar-refractivity contribution >= 4 is 17.8 Å². The molecule has 1 heterocycles. The monoisotopic (exact) mass is 407 g/mol. The molecule has 2 aromatic carbocycles. The zero-order chi connectivity index (χ0) is 21.3. The molecule has 0 aromatic heterocycles. The van der Waals surface area contributed by atoms with E-state index < -0.39 is 11.6 Å². The fourth-order valence-corrected chi connectivity index (χ4v) is 4.34. The van der Waals surface area contributed by atoms with Crippen molar-refractivity contribution in [1.29, 1.82) is 0 Å². The normalized spacial score (nSPS) is 20.1. The first-order valence-electron chi connectivity index (χ1n) is 10.0. The lowest BCUT2D eigenvalue weighted by atomic mass is 9.76. The van der Waals surface area contributed by atoms with Gasteiger partial charge in [-0.1, -0.05) is 36.4 Å². The van der Waals surface area contributed by atoms with Gasteiger partial charge in [-0.15, -0.1) is 0 Å². The van der Waals surface area contributed by atoms with Crippen LogP contribution in [-0.2, 0) is 28.1 Å². The molecule has 0 radical (unpaired) electrons. The molecule has 0 saturated carbocycles. The van der Waals surface area contributed by atoms with E-state index in [1.165, 1.54) is 4.90 Å². The van der Waals surface area contributed by atoms with E-state index >= 15 is 0 Å². The number of hydrogen-bond acceptors (Lipinski definition) is 4. The van der Waals surface area contributed by atoms with Crippen molar-refractivity contribution in [1.82, 2.24) is 15.1 Å². The number of ether oxygens (including phenoxy) is 1. The summed E-state index contributed by atoms with van der Waals surface area (Å²) >= 11 is 0. The molecule has 7 nitrogen and oxygen atoms in total. The zero-order valence-corrected chi connectivity index (χ0v) is 17.2. The number of carbonyl (C=O) groups is 3. The number of fused-ring (bicyclic) bond motifs is 2. The Morgan fingerprint density at radius 2 is 2.00 bits per heavy atom. The molecule has 0 bridgehead atoms. The van der Waals surface area contributed by atoms with Crippen LogP contribution < -0.4 is 10.1 Å². The number of nitrogens with zero attached hydrogens (tertiary/aromatic N) is 2. The van der Waals surface area contributed by atoms with Crippen LogP contribution in [0.2, 0.25) is 0 Å². The maximum atomic E-state index is 13.3. The number of carbonyl (C=O) groups excluding carboxylic acids is 3. The van der Waals surface area contributed by atoms with Crippen LogP contribution >= 0.6 is 0 Å². The molecule has 1 aliphatic carbocycles. The van der Waals surface area contributed by atoms with Crippen molar-refractivity contribution in [2.24, 2.45) is 0 Å². The lowest BCUT2D eigenvalue weighted by Gasteiger charge is -2.33. The van der Waals surface area contributed by atoms with Gasteiger partial charge >= 0.3 is 6.03 Å². The van der Waals surface area contributed by atoms with Gasteiger partial charge in [0.15, 0.2) is 0 Å². The Bertz CT molecular complexity index is 1010. The minimum absolute atomic E-state index is 0.283. The molecule has 2 aromatic rings. The van der Waals surface area contributed by atoms with Gasteiger partial charge in [0.05, 0.1) is 7.11 Å². The summed E-state index contributed by atoms with van der Waals surface area (Å²) in [4.78, 5) is 41.3. The van der Waals surface area contributed by atoms with E-state index in [1.807, 2.05) is 48.5 Å². The van der Waals surface area contributed by atoms with Gasteiger partial charge in [-0.3, -0.25) is 14.5 Å². The number of imide groups is 1. The SMILES string of the molecule is COc1cccc(CN(C)C(=O)CN2C(=O)N[C@]3(CCCc4ccccc43)C2=O)c1. The lowest BCUT2D eigenvalue weighted by molar-refractivity contribution is -0.139. The molecule has 1 fully saturated rings. The van der Waals surface area contributed by atoms with Crippen LogP contribution in [0.15, 0.2) is 48.5 Å².